The molecule has 0 atom stereocenters. The Bertz CT molecular complexity index is 422. The fraction of sp³-hybridized carbons (Fsp3) is 0.300. The van der Waals surface area contributed by atoms with Crippen molar-refractivity contribution in [2.45, 2.75) is 20.0 Å². The van der Waals surface area contributed by atoms with Gasteiger partial charge >= 0.3 is 0 Å². The Balaban J connectivity index is 3.27. The van der Waals surface area contributed by atoms with Crippen LogP contribution in [0.4, 0.5) is 4.39 Å². The number of nitrogens with zero attached hydrogens (tertiary/aromatic N) is 1. The third kappa shape index (κ3) is 2.77. The van der Waals surface area contributed by atoms with E-state index in [0.29, 0.717) is 0 Å². The molecule has 1 aromatic rings. The van der Waals surface area contributed by atoms with Gasteiger partial charge in [0.1, 0.15) is 0 Å². The highest BCUT2D eigenvalue weighted by Crippen LogP contribution is 2.31. The summed E-state index contributed by atoms with van der Waals surface area (Å²) in [4.78, 5) is 0. The summed E-state index contributed by atoms with van der Waals surface area (Å²) in [5.74, 6) is -0.847. The van der Waals surface area contributed by atoms with Gasteiger partial charge in [0, 0.05) is 0 Å². The molecule has 0 saturated carbocycles. The predicted octanol–water partition coefficient (Wildman–Crippen LogP) is 3.64. The van der Waals surface area contributed by atoms with Crippen molar-refractivity contribution < 1.29 is 14.3 Å². The average molecular weight is 266 g/mol. The molecule has 0 bridgehead atoms. The summed E-state index contributed by atoms with van der Waals surface area (Å²) >= 11 is 11.3. The first kappa shape index (κ1) is 13.1. The molecule has 3 nitrogen and oxygen atoms in total. The summed E-state index contributed by atoms with van der Waals surface area (Å²) in [6.07, 6.45) is -0.230. The van der Waals surface area contributed by atoms with Crippen LogP contribution < -0.4 is 4.74 Å². The molecule has 0 aromatic heterocycles. The van der Waals surface area contributed by atoms with Crippen molar-refractivity contribution in [2.75, 3.05) is 0 Å². The third-order valence-electron chi connectivity index (χ3n) is 1.71. The highest BCUT2D eigenvalue weighted by molar-refractivity contribution is 6.69. The molecule has 0 heterocycles. The second-order valence-electron chi connectivity index (χ2n) is 3.30. The largest absolute Gasteiger partial charge is 0.486 e. The van der Waals surface area contributed by atoms with E-state index in [1.54, 1.807) is 13.8 Å². The molecule has 0 amide bonds. The first-order valence-electron chi connectivity index (χ1n) is 4.50. The molecular weight excluding hydrogens is 256 g/mol. The van der Waals surface area contributed by atoms with Crippen molar-refractivity contribution in [1.29, 1.82) is 0 Å². The third-order valence-corrected chi connectivity index (χ3v) is 2.29. The highest BCUT2D eigenvalue weighted by Gasteiger charge is 2.17. The molecule has 1 N–H and O–H groups in total. The molecule has 0 fully saturated rings. The Labute approximate surface area is 102 Å². The summed E-state index contributed by atoms with van der Waals surface area (Å²) in [5, 5.41) is 11.0. The van der Waals surface area contributed by atoms with E-state index >= 15 is 0 Å². The van der Waals surface area contributed by atoms with Crippen LogP contribution >= 0.6 is 23.2 Å². The number of halogens is 3. The van der Waals surface area contributed by atoms with E-state index in [1.807, 2.05) is 0 Å². The molecule has 0 aliphatic heterocycles. The zero-order chi connectivity index (χ0) is 12.3. The van der Waals surface area contributed by atoms with Crippen LogP contribution in [0.5, 0.6) is 5.75 Å². The lowest BCUT2D eigenvalue weighted by atomic mass is 10.2. The van der Waals surface area contributed by atoms with Crippen LogP contribution in [-0.4, -0.2) is 16.5 Å². The van der Waals surface area contributed by atoms with Crippen LogP contribution in [-0.2, 0) is 0 Å². The maximum absolute atomic E-state index is 13.8. The second kappa shape index (κ2) is 5.37. The summed E-state index contributed by atoms with van der Waals surface area (Å²) in [7, 11) is 0. The van der Waals surface area contributed by atoms with Gasteiger partial charge in [-0.1, -0.05) is 28.4 Å². The number of rotatable bonds is 3. The number of hydrogen-bond acceptors (Lipinski definition) is 3. The summed E-state index contributed by atoms with van der Waals surface area (Å²) < 4.78 is 19.1. The maximum atomic E-state index is 13.8. The van der Waals surface area contributed by atoms with Gasteiger partial charge in [-0.2, -0.15) is 0 Å². The van der Waals surface area contributed by atoms with Crippen LogP contribution in [0.25, 0.3) is 0 Å². The van der Waals surface area contributed by atoms with Gasteiger partial charge < -0.3 is 9.94 Å². The molecular formula is C10H10Cl2FNO2. The average Bonchev–Trinajstić information content (AvgIpc) is 2.23. The number of hydrogen-bond donors (Lipinski definition) is 1. The topological polar surface area (TPSA) is 41.8 Å². The minimum Gasteiger partial charge on any atom is -0.486 e. The summed E-state index contributed by atoms with van der Waals surface area (Å²) in [6, 6.07) is 2.73. The van der Waals surface area contributed by atoms with Gasteiger partial charge in [0.05, 0.1) is 16.7 Å². The number of benzene rings is 1. The van der Waals surface area contributed by atoms with Crippen molar-refractivity contribution in [3.63, 3.8) is 0 Å². The van der Waals surface area contributed by atoms with Gasteiger partial charge in [0.15, 0.2) is 16.7 Å². The second-order valence-corrected chi connectivity index (χ2v) is 4.06. The van der Waals surface area contributed by atoms with E-state index in [-0.39, 0.29) is 27.6 Å². The number of ether oxygens (including phenoxy) is 1. The van der Waals surface area contributed by atoms with E-state index in [0.717, 1.165) is 0 Å². The lowest BCUT2D eigenvalue weighted by Crippen LogP contribution is -2.09. The molecule has 0 saturated heterocycles. The first-order chi connectivity index (χ1) is 7.47. The van der Waals surface area contributed by atoms with Crippen LogP contribution in [0.3, 0.4) is 0 Å². The molecule has 0 unspecified atom stereocenters. The van der Waals surface area contributed by atoms with Crippen molar-refractivity contribution in [3.8, 4) is 5.75 Å². The molecule has 0 spiro atoms. The van der Waals surface area contributed by atoms with Crippen LogP contribution in [0, 0.1) is 5.82 Å². The van der Waals surface area contributed by atoms with Crippen LogP contribution in [0.1, 0.15) is 19.4 Å². The van der Waals surface area contributed by atoms with Gasteiger partial charge in [0.25, 0.3) is 0 Å². The lowest BCUT2D eigenvalue weighted by molar-refractivity contribution is 0.231. The molecule has 0 aliphatic carbocycles. The molecule has 0 aliphatic rings. The van der Waals surface area contributed by atoms with Crippen molar-refractivity contribution in [3.05, 3.63) is 28.5 Å². The monoisotopic (exact) mass is 265 g/mol. The first-order valence-corrected chi connectivity index (χ1v) is 5.25. The molecule has 1 aromatic carbocycles. The van der Waals surface area contributed by atoms with E-state index in [4.69, 9.17) is 33.1 Å². The van der Waals surface area contributed by atoms with Crippen LogP contribution in [0.15, 0.2) is 17.3 Å². The van der Waals surface area contributed by atoms with E-state index in [1.165, 1.54) is 12.1 Å². The van der Waals surface area contributed by atoms with Gasteiger partial charge in [-0.15, -0.1) is 0 Å². The quantitative estimate of drug-likeness (QED) is 0.515. The SMILES string of the molecule is CC(C)Oc1c(Cl)ccc(/C(Cl)=N/O)c1F. The van der Waals surface area contributed by atoms with E-state index in [9.17, 15) is 4.39 Å². The van der Waals surface area contributed by atoms with Crippen molar-refractivity contribution in [2.24, 2.45) is 5.16 Å². The number of oxime groups is 1. The molecule has 0 radical (unpaired) electrons. The fourth-order valence-corrected chi connectivity index (χ4v) is 1.43. The normalized spacial score (nSPS) is 12.0. The van der Waals surface area contributed by atoms with Gasteiger partial charge in [-0.25, -0.2) is 4.39 Å². The Hall–Kier alpha value is -1.00. The van der Waals surface area contributed by atoms with Gasteiger partial charge in [-0.3, -0.25) is 0 Å². The maximum Gasteiger partial charge on any atom is 0.178 e. The van der Waals surface area contributed by atoms with Crippen LogP contribution in [0.2, 0.25) is 5.02 Å². The zero-order valence-corrected chi connectivity index (χ0v) is 10.2. The minimum absolute atomic E-state index is 0.0655. The predicted molar refractivity (Wildman–Crippen MR) is 61.4 cm³/mol. The minimum atomic E-state index is -0.746. The van der Waals surface area contributed by atoms with E-state index in [2.05, 4.69) is 5.16 Å². The molecule has 6 heteroatoms. The Morgan fingerprint density at radius 2 is 2.12 bits per heavy atom. The van der Waals surface area contributed by atoms with Crippen molar-refractivity contribution in [1.82, 2.24) is 0 Å². The Morgan fingerprint density at radius 3 is 2.62 bits per heavy atom. The molecule has 1 rings (SSSR count). The smallest absolute Gasteiger partial charge is 0.178 e. The van der Waals surface area contributed by atoms with E-state index < -0.39 is 5.82 Å². The molecule has 88 valence electrons. The Kier molecular flexibility index (Phi) is 4.38. The molecule has 16 heavy (non-hydrogen) atoms. The van der Waals surface area contributed by atoms with Crippen molar-refractivity contribution >= 4 is 28.4 Å². The van der Waals surface area contributed by atoms with Gasteiger partial charge in [0.2, 0.25) is 0 Å². The summed E-state index contributed by atoms with van der Waals surface area (Å²) in [6.45, 7) is 3.48. The Morgan fingerprint density at radius 1 is 1.50 bits per heavy atom. The highest BCUT2D eigenvalue weighted by atomic mass is 35.5. The fourth-order valence-electron chi connectivity index (χ4n) is 1.09. The zero-order valence-electron chi connectivity index (χ0n) is 8.67. The standard InChI is InChI=1S/C10H10Cl2FNO2/c1-5(2)16-9-7(11)4-3-6(8(9)13)10(12)14-15/h3-5,15H,1-2H3/b14-10-. The lowest BCUT2D eigenvalue weighted by Gasteiger charge is -2.13. The summed E-state index contributed by atoms with van der Waals surface area (Å²) in [5.41, 5.74) is -0.0655. The van der Waals surface area contributed by atoms with Gasteiger partial charge in [-0.05, 0) is 26.0 Å².